The Kier molecular flexibility index (Phi) is 4.48. The van der Waals surface area contributed by atoms with Gasteiger partial charge in [0.1, 0.15) is 6.61 Å². The lowest BCUT2D eigenvalue weighted by Crippen LogP contribution is -2.53. The van der Waals surface area contributed by atoms with Crippen molar-refractivity contribution in [3.05, 3.63) is 10.1 Å². The highest BCUT2D eigenvalue weighted by molar-refractivity contribution is 5.77. The fraction of sp³-hybridized carbons (Fsp3) is 0.889. The average Bonchev–Trinajstić information content (AvgIpc) is 2.17. The number of carbonyl (C=O) groups excluding carboxylic acids is 1. The number of hydrogen-bond acceptors (Lipinski definition) is 5. The van der Waals surface area contributed by atoms with E-state index in [0.29, 0.717) is 12.8 Å². The predicted molar refractivity (Wildman–Crippen MR) is 53.9 cm³/mol. The van der Waals surface area contributed by atoms with Gasteiger partial charge in [-0.1, -0.05) is 6.42 Å². The Labute approximate surface area is 93.2 Å². The van der Waals surface area contributed by atoms with Crippen LogP contribution in [-0.2, 0) is 14.4 Å². The fourth-order valence-corrected chi connectivity index (χ4v) is 1.93. The normalized spacial score (nSPS) is 18.8. The molecule has 1 fully saturated rings. The van der Waals surface area contributed by atoms with Crippen molar-refractivity contribution < 1.29 is 19.5 Å². The third kappa shape index (κ3) is 3.65. The number of methoxy groups -OCH3 is 1. The summed E-state index contributed by atoms with van der Waals surface area (Å²) < 4.78 is 4.66. The summed E-state index contributed by atoms with van der Waals surface area (Å²) in [5.41, 5.74) is -1.16. The first-order valence-corrected chi connectivity index (χ1v) is 5.21. The maximum atomic E-state index is 11.4. The molecule has 1 amide bonds. The molecule has 0 aromatic heterocycles. The summed E-state index contributed by atoms with van der Waals surface area (Å²) in [6.07, 6.45) is 3.54. The molecule has 0 heterocycles. The Bertz CT molecular complexity index is 263. The van der Waals surface area contributed by atoms with Crippen molar-refractivity contribution in [1.82, 2.24) is 5.32 Å². The van der Waals surface area contributed by atoms with E-state index in [2.05, 4.69) is 14.9 Å². The predicted octanol–water partition coefficient (Wildman–Crippen LogP) is 0.618. The van der Waals surface area contributed by atoms with Gasteiger partial charge in [0.15, 0.2) is 5.72 Å². The number of carbonyl (C=O) groups is 1. The van der Waals surface area contributed by atoms with Gasteiger partial charge in [-0.3, -0.25) is 9.63 Å². The number of rotatable bonds is 5. The first-order valence-electron chi connectivity index (χ1n) is 5.21. The first kappa shape index (κ1) is 12.7. The Morgan fingerprint density at radius 3 is 2.56 bits per heavy atom. The molecule has 0 bridgehead atoms. The second-order valence-corrected chi connectivity index (χ2v) is 3.85. The number of ether oxygens (including phenoxy) is 1. The smallest absolute Gasteiger partial charge is 0.296 e. The summed E-state index contributed by atoms with van der Waals surface area (Å²) in [5.74, 6) is -0.397. The maximum absolute atomic E-state index is 11.4. The number of amides is 1. The molecule has 1 aliphatic rings. The van der Waals surface area contributed by atoms with Crippen LogP contribution in [0.25, 0.3) is 0 Å². The summed E-state index contributed by atoms with van der Waals surface area (Å²) in [4.78, 5) is 26.4. The monoisotopic (exact) mass is 232 g/mol. The second-order valence-electron chi connectivity index (χ2n) is 3.85. The summed E-state index contributed by atoms with van der Waals surface area (Å²) in [6.45, 7) is -0.122. The Morgan fingerprint density at radius 2 is 2.06 bits per heavy atom. The molecule has 0 atom stereocenters. The molecule has 1 aliphatic carbocycles. The van der Waals surface area contributed by atoms with Crippen molar-refractivity contribution in [2.75, 3.05) is 13.7 Å². The van der Waals surface area contributed by atoms with E-state index in [-0.39, 0.29) is 6.61 Å². The Morgan fingerprint density at radius 1 is 1.44 bits per heavy atom. The number of nitrogens with one attached hydrogen (secondary N) is 1. The quantitative estimate of drug-likeness (QED) is 0.426. The van der Waals surface area contributed by atoms with Crippen LogP contribution >= 0.6 is 0 Å². The van der Waals surface area contributed by atoms with Crippen LogP contribution in [0.3, 0.4) is 0 Å². The van der Waals surface area contributed by atoms with Crippen LogP contribution in [0, 0.1) is 10.1 Å². The maximum Gasteiger partial charge on any atom is 0.296 e. The third-order valence-electron chi connectivity index (χ3n) is 2.55. The van der Waals surface area contributed by atoms with E-state index < -0.39 is 16.7 Å². The summed E-state index contributed by atoms with van der Waals surface area (Å²) in [7, 11) is 1.39. The lowest BCUT2D eigenvalue weighted by atomic mass is 9.91. The van der Waals surface area contributed by atoms with Crippen LogP contribution in [-0.4, -0.2) is 30.4 Å². The van der Waals surface area contributed by atoms with E-state index >= 15 is 0 Å². The highest BCUT2D eigenvalue weighted by atomic mass is 17.0. The van der Waals surface area contributed by atoms with E-state index in [1.54, 1.807) is 0 Å². The molecule has 7 heteroatoms. The standard InChI is InChI=1S/C9H16N2O5/c1-15-7-8(12)10-9(16-11(13)14)5-3-2-4-6-9/h2-7H2,1H3,(H,10,12). The van der Waals surface area contributed by atoms with Gasteiger partial charge in [-0.25, -0.2) is 0 Å². The molecule has 0 unspecified atom stereocenters. The Balaban J connectivity index is 2.62. The van der Waals surface area contributed by atoms with E-state index in [0.717, 1.165) is 19.3 Å². The van der Waals surface area contributed by atoms with Gasteiger partial charge in [0.2, 0.25) is 5.91 Å². The van der Waals surface area contributed by atoms with Crippen molar-refractivity contribution in [2.24, 2.45) is 0 Å². The molecule has 0 aliphatic heterocycles. The first-order chi connectivity index (χ1) is 7.58. The minimum Gasteiger partial charge on any atom is -0.375 e. The third-order valence-corrected chi connectivity index (χ3v) is 2.55. The van der Waals surface area contributed by atoms with Crippen LogP contribution in [0.5, 0.6) is 0 Å². The van der Waals surface area contributed by atoms with Gasteiger partial charge < -0.3 is 10.1 Å². The van der Waals surface area contributed by atoms with Gasteiger partial charge in [-0.05, 0) is 25.7 Å². The summed E-state index contributed by atoms with van der Waals surface area (Å²) in [5, 5.41) is 12.1. The average molecular weight is 232 g/mol. The molecular weight excluding hydrogens is 216 g/mol. The zero-order chi connectivity index (χ0) is 12.0. The van der Waals surface area contributed by atoms with Gasteiger partial charge in [0.25, 0.3) is 5.09 Å². The van der Waals surface area contributed by atoms with Gasteiger partial charge in [0.05, 0.1) is 0 Å². The fourth-order valence-electron chi connectivity index (χ4n) is 1.93. The van der Waals surface area contributed by atoms with Crippen LogP contribution in [0.2, 0.25) is 0 Å². The van der Waals surface area contributed by atoms with Crippen LogP contribution in [0.1, 0.15) is 32.1 Å². The molecule has 0 spiro atoms. The molecule has 0 aromatic carbocycles. The lowest BCUT2D eigenvalue weighted by molar-refractivity contribution is -0.784. The SMILES string of the molecule is COCC(=O)NC1(O[N+](=O)[O-])CCCCC1. The van der Waals surface area contributed by atoms with Gasteiger partial charge in [-0.2, -0.15) is 0 Å². The van der Waals surface area contributed by atoms with Crippen LogP contribution in [0.15, 0.2) is 0 Å². The van der Waals surface area contributed by atoms with Gasteiger partial charge in [0, 0.05) is 7.11 Å². The molecule has 1 saturated carbocycles. The highest BCUT2D eigenvalue weighted by Crippen LogP contribution is 2.29. The lowest BCUT2D eigenvalue weighted by Gasteiger charge is -2.35. The topological polar surface area (TPSA) is 90.7 Å². The molecule has 1 N–H and O–H groups in total. The number of nitrogens with zero attached hydrogens (tertiary/aromatic N) is 1. The highest BCUT2D eigenvalue weighted by Gasteiger charge is 2.37. The second kappa shape index (κ2) is 5.64. The molecule has 1 rings (SSSR count). The van der Waals surface area contributed by atoms with E-state index in [1.165, 1.54) is 7.11 Å². The largest absolute Gasteiger partial charge is 0.375 e. The zero-order valence-corrected chi connectivity index (χ0v) is 9.23. The molecular formula is C9H16N2O5. The van der Waals surface area contributed by atoms with Crippen LogP contribution < -0.4 is 5.32 Å². The molecule has 92 valence electrons. The van der Waals surface area contributed by atoms with Gasteiger partial charge in [-0.15, -0.1) is 10.1 Å². The van der Waals surface area contributed by atoms with E-state index in [4.69, 9.17) is 0 Å². The van der Waals surface area contributed by atoms with E-state index in [9.17, 15) is 14.9 Å². The minimum absolute atomic E-state index is 0.122. The zero-order valence-electron chi connectivity index (χ0n) is 9.23. The van der Waals surface area contributed by atoms with Crippen molar-refractivity contribution >= 4 is 5.91 Å². The van der Waals surface area contributed by atoms with E-state index in [1.807, 2.05) is 0 Å². The van der Waals surface area contributed by atoms with Crippen LogP contribution in [0.4, 0.5) is 0 Å². The molecule has 0 saturated heterocycles. The molecule has 7 nitrogen and oxygen atoms in total. The molecule has 16 heavy (non-hydrogen) atoms. The summed E-state index contributed by atoms with van der Waals surface area (Å²) >= 11 is 0. The van der Waals surface area contributed by atoms with Crippen molar-refractivity contribution in [3.63, 3.8) is 0 Å². The molecule has 0 radical (unpaired) electrons. The van der Waals surface area contributed by atoms with Crippen molar-refractivity contribution in [3.8, 4) is 0 Å². The number of hydrogen-bond donors (Lipinski definition) is 1. The van der Waals surface area contributed by atoms with Crippen molar-refractivity contribution in [2.45, 2.75) is 37.8 Å². The van der Waals surface area contributed by atoms with Crippen molar-refractivity contribution in [1.29, 1.82) is 0 Å². The molecule has 0 aromatic rings. The Hall–Kier alpha value is -1.37. The summed E-state index contributed by atoms with van der Waals surface area (Å²) in [6, 6.07) is 0. The minimum atomic E-state index is -1.16. The van der Waals surface area contributed by atoms with Gasteiger partial charge >= 0.3 is 0 Å².